The summed E-state index contributed by atoms with van der Waals surface area (Å²) in [6, 6.07) is 73.7. The van der Waals surface area contributed by atoms with Gasteiger partial charge in [0.15, 0.2) is 0 Å². The summed E-state index contributed by atoms with van der Waals surface area (Å²) in [6.45, 7) is -0.0493. The molecule has 0 saturated heterocycles. The molecule has 1 aliphatic heterocycles. The second kappa shape index (κ2) is 13.0. The average molecular weight is 740 g/mol. The lowest BCUT2D eigenvalue weighted by Crippen LogP contribution is -2.55. The number of fused-ring (bicyclic) bond motifs is 8. The molecule has 11 aromatic rings. The first-order chi connectivity index (χ1) is 28.8. The lowest BCUT2D eigenvalue weighted by molar-refractivity contribution is 0.489. The van der Waals surface area contributed by atoms with E-state index >= 15 is 0 Å². The number of aromatic nitrogens is 3. The summed E-state index contributed by atoms with van der Waals surface area (Å²) in [6.07, 6.45) is 0. The van der Waals surface area contributed by atoms with E-state index in [0.29, 0.717) is 0 Å². The van der Waals surface area contributed by atoms with Crippen LogP contribution in [0.2, 0.25) is 0 Å². The molecule has 0 saturated carbocycles. The Morgan fingerprint density at radius 3 is 1.40 bits per heavy atom. The van der Waals surface area contributed by atoms with Gasteiger partial charge in [-0.2, -0.15) is 0 Å². The largest absolute Gasteiger partial charge is 0.458 e. The molecule has 4 nitrogen and oxygen atoms in total. The Morgan fingerprint density at radius 2 is 0.810 bits per heavy atom. The number of para-hydroxylation sites is 6. The number of benzene rings is 8. The third kappa shape index (κ3) is 4.93. The number of hydrogen-bond acceptors (Lipinski definition) is 2. The van der Waals surface area contributed by atoms with E-state index < -0.39 is 0 Å². The molecule has 4 heterocycles. The Morgan fingerprint density at radius 1 is 0.362 bits per heavy atom. The predicted octanol–water partition coefficient (Wildman–Crippen LogP) is 11.2. The molecule has 8 aromatic carbocycles. The number of pyridine rings is 1. The highest BCUT2D eigenvalue weighted by atomic mass is 16.5. The van der Waals surface area contributed by atoms with Crippen LogP contribution in [-0.2, 0) is 0 Å². The summed E-state index contributed by atoms with van der Waals surface area (Å²) in [5.41, 5.74) is 12.4. The topological polar surface area (TPSA) is 32.0 Å². The summed E-state index contributed by atoms with van der Waals surface area (Å²) in [5, 5.41) is 4.78. The van der Waals surface area contributed by atoms with Gasteiger partial charge in [0.2, 0.25) is 0 Å². The fourth-order valence-electron chi connectivity index (χ4n) is 9.40. The van der Waals surface area contributed by atoms with Crippen molar-refractivity contribution in [3.05, 3.63) is 206 Å². The maximum atomic E-state index is 7.07. The number of nitrogens with zero attached hydrogens (tertiary/aromatic N) is 3. The maximum Gasteiger partial charge on any atom is 0.251 e. The van der Waals surface area contributed by atoms with Gasteiger partial charge in [0.05, 0.1) is 22.1 Å². The molecule has 0 unspecified atom stereocenters. The first kappa shape index (κ1) is 32.6. The van der Waals surface area contributed by atoms with Gasteiger partial charge in [-0.05, 0) is 70.1 Å². The summed E-state index contributed by atoms with van der Waals surface area (Å²) in [5.74, 6) is 3.41. The fourth-order valence-corrected chi connectivity index (χ4v) is 9.40. The van der Waals surface area contributed by atoms with Gasteiger partial charge in [-0.15, -0.1) is 0 Å². The van der Waals surface area contributed by atoms with Crippen LogP contribution in [0.25, 0.3) is 77.5 Å². The van der Waals surface area contributed by atoms with E-state index in [4.69, 9.17) is 9.72 Å². The molecule has 0 spiro atoms. The molecule has 270 valence electrons. The molecular formula is C53H34BN3O. The fraction of sp³-hybridized carbons (Fsp3) is 0. The Kier molecular flexibility index (Phi) is 7.29. The third-order valence-corrected chi connectivity index (χ3v) is 11.9. The zero-order valence-corrected chi connectivity index (χ0v) is 31.5. The summed E-state index contributed by atoms with van der Waals surface area (Å²) >= 11 is 0. The highest BCUT2D eigenvalue weighted by Crippen LogP contribution is 2.40. The van der Waals surface area contributed by atoms with Gasteiger partial charge in [-0.3, -0.25) is 9.13 Å². The standard InChI is InChI=1S/C53H34BN3O/c1-2-17-35(18-3-1)37-19-4-9-25-43(37)54-44-26-10-15-32-50(44)58-53-38(24-16-27-45(53)54)36-33-51(56-46-28-11-5-20-39(46)40-21-6-12-29-47(40)56)55-52(34-36)57-48-30-13-7-22-41(48)42-23-8-14-31-49(42)57/h1-34H. The minimum atomic E-state index is -0.0493. The van der Waals surface area contributed by atoms with Crippen molar-refractivity contribution in [3.8, 4) is 45.4 Å². The van der Waals surface area contributed by atoms with Crippen LogP contribution in [-0.4, -0.2) is 20.8 Å². The molecular weight excluding hydrogens is 705 g/mol. The van der Waals surface area contributed by atoms with Crippen molar-refractivity contribution in [1.29, 1.82) is 0 Å². The Balaban J connectivity index is 1.15. The summed E-state index contributed by atoms with van der Waals surface area (Å²) in [4.78, 5) is 5.59. The van der Waals surface area contributed by atoms with E-state index in [1.807, 2.05) is 0 Å². The lowest BCUT2D eigenvalue weighted by Gasteiger charge is -2.29. The molecule has 58 heavy (non-hydrogen) atoms. The minimum Gasteiger partial charge on any atom is -0.458 e. The second-order valence-electron chi connectivity index (χ2n) is 15.1. The monoisotopic (exact) mass is 739 g/mol. The molecule has 5 heteroatoms. The van der Waals surface area contributed by atoms with Crippen LogP contribution in [0.15, 0.2) is 206 Å². The Bertz CT molecular complexity index is 3160. The van der Waals surface area contributed by atoms with Crippen molar-refractivity contribution in [2.75, 3.05) is 0 Å². The highest BCUT2D eigenvalue weighted by molar-refractivity contribution is 6.97. The lowest BCUT2D eigenvalue weighted by atomic mass is 9.35. The third-order valence-electron chi connectivity index (χ3n) is 11.9. The van der Waals surface area contributed by atoms with Gasteiger partial charge in [-0.25, -0.2) is 4.98 Å². The first-order valence-corrected chi connectivity index (χ1v) is 19.8. The molecule has 0 atom stereocenters. The van der Waals surface area contributed by atoms with Crippen molar-refractivity contribution >= 4 is 66.7 Å². The smallest absolute Gasteiger partial charge is 0.251 e. The molecule has 1 aliphatic rings. The molecule has 0 N–H and O–H groups in total. The molecule has 12 rings (SSSR count). The maximum absolute atomic E-state index is 7.07. The van der Waals surface area contributed by atoms with Gasteiger partial charge in [0.1, 0.15) is 23.1 Å². The van der Waals surface area contributed by atoms with E-state index in [1.165, 1.54) is 38.1 Å². The van der Waals surface area contributed by atoms with E-state index in [9.17, 15) is 0 Å². The number of hydrogen-bond donors (Lipinski definition) is 0. The molecule has 0 amide bonds. The zero-order valence-electron chi connectivity index (χ0n) is 31.5. The van der Waals surface area contributed by atoms with Gasteiger partial charge < -0.3 is 4.74 Å². The van der Waals surface area contributed by atoms with Gasteiger partial charge in [-0.1, -0.05) is 169 Å². The average Bonchev–Trinajstić information content (AvgIpc) is 3.81. The van der Waals surface area contributed by atoms with Gasteiger partial charge >= 0.3 is 0 Å². The normalized spacial score (nSPS) is 12.2. The number of ether oxygens (including phenoxy) is 1. The number of rotatable bonds is 5. The van der Waals surface area contributed by atoms with Crippen LogP contribution >= 0.6 is 0 Å². The van der Waals surface area contributed by atoms with Crippen molar-refractivity contribution in [2.45, 2.75) is 0 Å². The van der Waals surface area contributed by atoms with Crippen LogP contribution in [0, 0.1) is 0 Å². The molecule has 3 aromatic heterocycles. The van der Waals surface area contributed by atoms with E-state index in [2.05, 4.69) is 215 Å². The first-order valence-electron chi connectivity index (χ1n) is 19.8. The molecule has 0 aliphatic carbocycles. The highest BCUT2D eigenvalue weighted by Gasteiger charge is 2.35. The quantitative estimate of drug-likeness (QED) is 0.165. The predicted molar refractivity (Wildman–Crippen MR) is 241 cm³/mol. The van der Waals surface area contributed by atoms with Gasteiger partial charge in [0.25, 0.3) is 6.71 Å². The van der Waals surface area contributed by atoms with Crippen LogP contribution in [0.3, 0.4) is 0 Å². The van der Waals surface area contributed by atoms with E-state index in [1.54, 1.807) is 0 Å². The zero-order chi connectivity index (χ0) is 38.2. The molecule has 0 bridgehead atoms. The molecule has 0 fully saturated rings. The van der Waals surface area contributed by atoms with E-state index in [-0.39, 0.29) is 6.71 Å². The van der Waals surface area contributed by atoms with Crippen LogP contribution in [0.5, 0.6) is 11.5 Å². The SMILES string of the molecule is c1ccc(-c2ccccc2B2c3ccccc3Oc3c2cccc3-c2cc(-n3c4ccccc4c4ccccc43)nc(-n3c4ccccc4c4ccccc43)c2)cc1. The van der Waals surface area contributed by atoms with Crippen molar-refractivity contribution in [1.82, 2.24) is 14.1 Å². The summed E-state index contributed by atoms with van der Waals surface area (Å²) in [7, 11) is 0. The van der Waals surface area contributed by atoms with Gasteiger partial charge in [0, 0.05) is 27.1 Å². The van der Waals surface area contributed by atoms with Crippen molar-refractivity contribution < 1.29 is 4.74 Å². The van der Waals surface area contributed by atoms with Crippen LogP contribution in [0.4, 0.5) is 0 Å². The van der Waals surface area contributed by atoms with Crippen molar-refractivity contribution in [3.63, 3.8) is 0 Å². The Hall–Kier alpha value is -7.63. The second-order valence-corrected chi connectivity index (χ2v) is 15.1. The van der Waals surface area contributed by atoms with E-state index in [0.717, 1.165) is 67.3 Å². The van der Waals surface area contributed by atoms with Crippen LogP contribution < -0.4 is 21.1 Å². The van der Waals surface area contributed by atoms with Crippen LogP contribution in [0.1, 0.15) is 0 Å². The molecule has 0 radical (unpaired) electrons. The van der Waals surface area contributed by atoms with Crippen molar-refractivity contribution in [2.24, 2.45) is 0 Å². The minimum absolute atomic E-state index is 0.0493. The summed E-state index contributed by atoms with van der Waals surface area (Å²) < 4.78 is 11.7. The Labute approximate surface area is 335 Å².